The maximum atomic E-state index is 4.90. The van der Waals surface area contributed by atoms with Crippen molar-refractivity contribution >= 4 is 78.4 Å². The number of rotatable bonds is 3. The smallest absolute Gasteiger partial charge is 2.00 e. The molecular formula is C6H24CoN6S4Sb. The van der Waals surface area contributed by atoms with Crippen molar-refractivity contribution in [3.8, 4) is 0 Å². The maximum Gasteiger partial charge on any atom is 5.00 e. The molecule has 0 heterocycles. The standard InChI is InChI=1S/3C2H8N2.Co.4S.Sb/c3*3-1-2-4;;;;;;/h3*1-4H2;;;;;;/q;;;+3;4*-2;+5. The molecule has 18 heavy (non-hydrogen) atoms. The van der Waals surface area contributed by atoms with E-state index in [0.717, 1.165) is 0 Å². The SMILES string of the molecule is NCCN.NCCN.NCCN.[Co+3].[S-2].[S-2].[S-2].[S-2].[Sb+5]. The van der Waals surface area contributed by atoms with Gasteiger partial charge in [0.05, 0.1) is 0 Å². The van der Waals surface area contributed by atoms with Crippen LogP contribution in [0.5, 0.6) is 0 Å². The molecule has 12 heteroatoms. The van der Waals surface area contributed by atoms with Crippen LogP contribution in [0.2, 0.25) is 0 Å². The van der Waals surface area contributed by atoms with Crippen LogP contribution in [-0.4, -0.2) is 63.7 Å². The Kier molecular flexibility index (Phi) is 303. The molecule has 0 aromatic heterocycles. The van der Waals surface area contributed by atoms with Crippen LogP contribution >= 0.6 is 0 Å². The van der Waals surface area contributed by atoms with Gasteiger partial charge in [-0.15, -0.1) is 0 Å². The zero-order valence-corrected chi connectivity index (χ0v) is 17.0. The fourth-order valence-electron chi connectivity index (χ4n) is 0. The van der Waals surface area contributed by atoms with Gasteiger partial charge in [-0.2, -0.15) is 0 Å². The molecule has 0 unspecified atom stereocenters. The summed E-state index contributed by atoms with van der Waals surface area (Å²) in [6, 6.07) is 0. The Morgan fingerprint density at radius 1 is 0.389 bits per heavy atom. The summed E-state index contributed by atoms with van der Waals surface area (Å²) in [7, 11) is 0. The molecule has 12 N–H and O–H groups in total. The van der Waals surface area contributed by atoms with E-state index < -0.39 is 0 Å². The zero-order chi connectivity index (χ0) is 10.2. The average molecular weight is 489 g/mol. The van der Waals surface area contributed by atoms with Crippen molar-refractivity contribution < 1.29 is 16.8 Å². The first-order valence-electron chi connectivity index (χ1n) is 3.95. The van der Waals surface area contributed by atoms with Gasteiger partial charge >= 0.3 is 41.2 Å². The molecule has 0 aromatic rings. The average Bonchev–Trinajstić information content (AvgIpc) is 2.18. The van der Waals surface area contributed by atoms with Crippen molar-refractivity contribution in [1.29, 1.82) is 0 Å². The van der Waals surface area contributed by atoms with E-state index >= 15 is 0 Å². The minimum absolute atomic E-state index is 0. The van der Waals surface area contributed by atoms with Crippen LogP contribution in [0.15, 0.2) is 0 Å². The summed E-state index contributed by atoms with van der Waals surface area (Å²) < 4.78 is 0. The molecule has 116 valence electrons. The van der Waals surface area contributed by atoms with Crippen molar-refractivity contribution in [3.05, 3.63) is 0 Å². The van der Waals surface area contributed by atoms with Crippen LogP contribution in [0.25, 0.3) is 0 Å². The molecular weight excluding hydrogens is 465 g/mol. The van der Waals surface area contributed by atoms with Gasteiger partial charge in [0.2, 0.25) is 0 Å². The second-order valence-corrected chi connectivity index (χ2v) is 1.73. The summed E-state index contributed by atoms with van der Waals surface area (Å²) in [5.74, 6) is 0. The van der Waals surface area contributed by atoms with Crippen LogP contribution in [-0.2, 0) is 70.8 Å². The van der Waals surface area contributed by atoms with Crippen molar-refractivity contribution in [2.75, 3.05) is 39.3 Å². The van der Waals surface area contributed by atoms with E-state index in [-0.39, 0.29) is 95.2 Å². The summed E-state index contributed by atoms with van der Waals surface area (Å²) in [4.78, 5) is 0. The predicted molar refractivity (Wildman–Crippen MR) is 89.5 cm³/mol. The van der Waals surface area contributed by atoms with Crippen LogP contribution in [0.3, 0.4) is 0 Å². The molecule has 0 aliphatic carbocycles. The Hall–Kier alpha value is 2.48. The molecule has 0 rings (SSSR count). The molecule has 0 fully saturated rings. The normalized spacial score (nSPS) is 5.00. The van der Waals surface area contributed by atoms with Crippen LogP contribution < -0.4 is 34.4 Å². The molecule has 0 aliphatic rings. The molecule has 0 aliphatic heterocycles. The van der Waals surface area contributed by atoms with Gasteiger partial charge in [0.1, 0.15) is 0 Å². The molecule has 0 saturated heterocycles. The van der Waals surface area contributed by atoms with Crippen molar-refractivity contribution in [3.63, 3.8) is 0 Å². The fourth-order valence-corrected chi connectivity index (χ4v) is 0. The van der Waals surface area contributed by atoms with E-state index in [1.165, 1.54) is 0 Å². The third kappa shape index (κ3) is 188. The van der Waals surface area contributed by atoms with Gasteiger partial charge in [0.25, 0.3) is 0 Å². The maximum absolute atomic E-state index is 4.90. The molecule has 0 bridgehead atoms. The second kappa shape index (κ2) is 92.5. The number of hydrogen-bond donors (Lipinski definition) is 6. The van der Waals surface area contributed by atoms with Crippen molar-refractivity contribution in [2.45, 2.75) is 0 Å². The van der Waals surface area contributed by atoms with Crippen LogP contribution in [0.1, 0.15) is 0 Å². The van der Waals surface area contributed by atoms with E-state index in [1.54, 1.807) is 0 Å². The Morgan fingerprint density at radius 2 is 0.444 bits per heavy atom. The van der Waals surface area contributed by atoms with E-state index in [4.69, 9.17) is 34.4 Å². The fraction of sp³-hybridized carbons (Fsp3) is 1.00. The zero-order valence-electron chi connectivity index (χ0n) is 10.1. The minimum Gasteiger partial charge on any atom is -2.00 e. The third-order valence-electron chi connectivity index (χ3n) is 0.500. The number of nitrogens with two attached hydrogens (primary N) is 6. The molecule has 0 aromatic carbocycles. The Morgan fingerprint density at radius 3 is 0.444 bits per heavy atom. The van der Waals surface area contributed by atoms with E-state index in [0.29, 0.717) is 39.3 Å². The quantitative estimate of drug-likeness (QED) is 0.225. The van der Waals surface area contributed by atoms with Crippen molar-refractivity contribution in [1.82, 2.24) is 0 Å². The van der Waals surface area contributed by atoms with Crippen LogP contribution in [0, 0.1) is 0 Å². The summed E-state index contributed by atoms with van der Waals surface area (Å²) in [5.41, 5.74) is 29.4. The molecule has 0 radical (unpaired) electrons. The third-order valence-corrected chi connectivity index (χ3v) is 0.500. The predicted octanol–water partition coefficient (Wildman–Crippen LogP) is -3.68. The first-order valence-corrected chi connectivity index (χ1v) is 3.95. The topological polar surface area (TPSA) is 156 Å². The molecule has 0 amide bonds. The van der Waals surface area contributed by atoms with E-state index in [2.05, 4.69) is 0 Å². The Labute approximate surface area is 167 Å². The first-order chi connectivity index (χ1) is 5.74. The monoisotopic (exact) mass is 488 g/mol. The number of hydrogen-bond acceptors (Lipinski definition) is 6. The van der Waals surface area contributed by atoms with E-state index in [1.807, 2.05) is 0 Å². The molecule has 6 nitrogen and oxygen atoms in total. The largest absolute Gasteiger partial charge is 5.00 e. The second-order valence-electron chi connectivity index (χ2n) is 1.73. The van der Waals surface area contributed by atoms with Gasteiger partial charge in [0, 0.05) is 39.3 Å². The Balaban J connectivity index is -0.00000000827. The minimum atomic E-state index is 0. The molecule has 0 saturated carbocycles. The van der Waals surface area contributed by atoms with Gasteiger partial charge in [-0.3, -0.25) is 0 Å². The first kappa shape index (κ1) is 59.0. The summed E-state index contributed by atoms with van der Waals surface area (Å²) in [6.07, 6.45) is 0. The van der Waals surface area contributed by atoms with Crippen LogP contribution in [0.4, 0.5) is 0 Å². The molecule has 0 atom stereocenters. The van der Waals surface area contributed by atoms with Gasteiger partial charge in [-0.1, -0.05) is 0 Å². The van der Waals surface area contributed by atoms with E-state index in [9.17, 15) is 0 Å². The van der Waals surface area contributed by atoms with Gasteiger partial charge < -0.3 is 88.4 Å². The summed E-state index contributed by atoms with van der Waals surface area (Å²) in [5, 5.41) is 0. The summed E-state index contributed by atoms with van der Waals surface area (Å²) in [6.45, 7) is 3.58. The Bertz CT molecular complexity index is 51.5. The van der Waals surface area contributed by atoms with Gasteiger partial charge in [-0.05, 0) is 0 Å². The summed E-state index contributed by atoms with van der Waals surface area (Å²) >= 11 is 0. The molecule has 0 spiro atoms. The van der Waals surface area contributed by atoms with Gasteiger partial charge in [0.15, 0.2) is 0 Å². The van der Waals surface area contributed by atoms with Crippen molar-refractivity contribution in [2.24, 2.45) is 34.4 Å². The van der Waals surface area contributed by atoms with Gasteiger partial charge in [-0.25, -0.2) is 0 Å².